The summed E-state index contributed by atoms with van der Waals surface area (Å²) in [6.45, 7) is 0. The number of pyridine rings is 1. The second-order valence-electron chi connectivity index (χ2n) is 4.33. The van der Waals surface area contributed by atoms with Crippen LogP contribution < -0.4 is 5.43 Å². The first kappa shape index (κ1) is 11.5. The van der Waals surface area contributed by atoms with Gasteiger partial charge in [-0.05, 0) is 23.8 Å². The number of hydrogen-bond acceptors (Lipinski definition) is 1. The van der Waals surface area contributed by atoms with Crippen molar-refractivity contribution in [3.8, 4) is 0 Å². The molecule has 3 rings (SSSR count). The second kappa shape index (κ2) is 4.94. The van der Waals surface area contributed by atoms with Gasteiger partial charge in [0.1, 0.15) is 0 Å². The number of hydrogen-bond donors (Lipinski definition) is 0. The molecular weight excluding hydrogens is 234 g/mol. The lowest BCUT2D eigenvalue weighted by molar-refractivity contribution is 1.19. The van der Waals surface area contributed by atoms with Crippen LogP contribution in [0, 0.1) is 0 Å². The van der Waals surface area contributed by atoms with Gasteiger partial charge < -0.3 is 4.57 Å². The third-order valence-electron chi connectivity index (χ3n) is 3.06. The molecule has 2 heteroatoms. The highest BCUT2D eigenvalue weighted by Gasteiger charge is 1.98. The van der Waals surface area contributed by atoms with E-state index in [-0.39, 0.29) is 5.43 Å². The molecule has 19 heavy (non-hydrogen) atoms. The van der Waals surface area contributed by atoms with Crippen LogP contribution in [0.5, 0.6) is 0 Å². The summed E-state index contributed by atoms with van der Waals surface area (Å²) in [6, 6.07) is 19.3. The van der Waals surface area contributed by atoms with E-state index in [2.05, 4.69) is 0 Å². The van der Waals surface area contributed by atoms with Crippen molar-refractivity contribution in [1.82, 2.24) is 4.57 Å². The summed E-state index contributed by atoms with van der Waals surface area (Å²) in [4.78, 5) is 11.8. The Bertz CT molecular complexity index is 785. The fourth-order valence-electron chi connectivity index (χ4n) is 2.09. The zero-order valence-corrected chi connectivity index (χ0v) is 10.4. The molecule has 2 nitrogen and oxygen atoms in total. The third-order valence-corrected chi connectivity index (χ3v) is 3.06. The Balaban J connectivity index is 2.09. The van der Waals surface area contributed by atoms with E-state index < -0.39 is 0 Å². The van der Waals surface area contributed by atoms with E-state index in [0.29, 0.717) is 0 Å². The summed E-state index contributed by atoms with van der Waals surface area (Å²) >= 11 is 0. The number of nitrogens with zero attached hydrogens (tertiary/aromatic N) is 1. The standard InChI is InChI=1S/C17H13NO/c19-17-11-13-18(16-9-5-4-8-15(16)17)12-10-14-6-2-1-3-7-14/h1-13H/b12-10+. The monoisotopic (exact) mass is 247 g/mol. The molecule has 0 aliphatic rings. The van der Waals surface area contributed by atoms with Crippen molar-refractivity contribution in [2.75, 3.05) is 0 Å². The van der Waals surface area contributed by atoms with E-state index in [9.17, 15) is 4.79 Å². The topological polar surface area (TPSA) is 22.0 Å². The maximum atomic E-state index is 11.8. The van der Waals surface area contributed by atoms with Gasteiger partial charge in [-0.15, -0.1) is 0 Å². The van der Waals surface area contributed by atoms with Crippen LogP contribution >= 0.6 is 0 Å². The molecule has 1 heterocycles. The van der Waals surface area contributed by atoms with E-state index in [4.69, 9.17) is 0 Å². The van der Waals surface area contributed by atoms with Crippen molar-refractivity contribution in [3.63, 3.8) is 0 Å². The highest BCUT2D eigenvalue weighted by molar-refractivity contribution is 5.81. The highest BCUT2D eigenvalue weighted by atomic mass is 16.1. The first-order valence-electron chi connectivity index (χ1n) is 6.18. The second-order valence-corrected chi connectivity index (χ2v) is 4.33. The molecule has 92 valence electrons. The number of benzene rings is 2. The molecule has 0 fully saturated rings. The summed E-state index contributed by atoms with van der Waals surface area (Å²) in [6.07, 6.45) is 5.79. The number of rotatable bonds is 2. The molecule has 0 spiro atoms. The molecular formula is C17H13NO. The Labute approximate surface area is 111 Å². The number of aromatic nitrogens is 1. The van der Waals surface area contributed by atoms with Crippen molar-refractivity contribution >= 4 is 23.2 Å². The maximum Gasteiger partial charge on any atom is 0.189 e. The number of fused-ring (bicyclic) bond motifs is 1. The summed E-state index contributed by atoms with van der Waals surface area (Å²) in [5, 5.41) is 0.739. The molecule has 0 unspecified atom stereocenters. The van der Waals surface area contributed by atoms with E-state index >= 15 is 0 Å². The first-order valence-corrected chi connectivity index (χ1v) is 6.18. The average Bonchev–Trinajstić information content (AvgIpc) is 2.48. The Morgan fingerprint density at radius 2 is 1.58 bits per heavy atom. The van der Waals surface area contributed by atoms with Crippen LogP contribution in [0.1, 0.15) is 5.56 Å². The van der Waals surface area contributed by atoms with Gasteiger partial charge in [0.2, 0.25) is 0 Å². The lowest BCUT2D eigenvalue weighted by Gasteiger charge is -2.05. The Morgan fingerprint density at radius 3 is 2.42 bits per heavy atom. The molecule has 0 saturated heterocycles. The van der Waals surface area contributed by atoms with Crippen LogP contribution in [-0.4, -0.2) is 4.57 Å². The van der Waals surface area contributed by atoms with Crippen molar-refractivity contribution < 1.29 is 0 Å². The van der Waals surface area contributed by atoms with Gasteiger partial charge in [-0.2, -0.15) is 0 Å². The van der Waals surface area contributed by atoms with Crippen molar-refractivity contribution in [1.29, 1.82) is 0 Å². The lowest BCUT2D eigenvalue weighted by atomic mass is 10.2. The lowest BCUT2D eigenvalue weighted by Crippen LogP contribution is -2.03. The van der Waals surface area contributed by atoms with Crippen LogP contribution in [0.15, 0.2) is 71.7 Å². The average molecular weight is 247 g/mol. The zero-order chi connectivity index (χ0) is 13.1. The Morgan fingerprint density at radius 1 is 0.842 bits per heavy atom. The van der Waals surface area contributed by atoms with Gasteiger partial charge in [-0.3, -0.25) is 4.79 Å². The molecule has 3 aromatic rings. The van der Waals surface area contributed by atoms with Gasteiger partial charge in [0, 0.05) is 23.8 Å². The van der Waals surface area contributed by atoms with Crippen LogP contribution in [0.4, 0.5) is 0 Å². The normalized spacial score (nSPS) is 11.2. The smallest absolute Gasteiger partial charge is 0.189 e. The van der Waals surface area contributed by atoms with Crippen molar-refractivity contribution in [2.24, 2.45) is 0 Å². The Kier molecular flexibility index (Phi) is 2.99. The van der Waals surface area contributed by atoms with E-state index in [1.54, 1.807) is 12.3 Å². The highest BCUT2D eigenvalue weighted by Crippen LogP contribution is 2.11. The molecule has 0 N–H and O–H groups in total. The van der Waals surface area contributed by atoms with Crippen LogP contribution in [0.2, 0.25) is 0 Å². The van der Waals surface area contributed by atoms with Crippen LogP contribution in [0.25, 0.3) is 23.2 Å². The quantitative estimate of drug-likeness (QED) is 0.677. The zero-order valence-electron chi connectivity index (χ0n) is 10.4. The van der Waals surface area contributed by atoms with E-state index in [1.807, 2.05) is 71.4 Å². The fraction of sp³-hybridized carbons (Fsp3) is 0. The summed E-state index contributed by atoms with van der Waals surface area (Å²) in [5.41, 5.74) is 2.10. The minimum absolute atomic E-state index is 0.0555. The summed E-state index contributed by atoms with van der Waals surface area (Å²) in [7, 11) is 0. The summed E-state index contributed by atoms with van der Waals surface area (Å²) < 4.78 is 1.96. The van der Waals surface area contributed by atoms with Gasteiger partial charge in [-0.25, -0.2) is 0 Å². The first-order chi connectivity index (χ1) is 9.34. The van der Waals surface area contributed by atoms with Crippen LogP contribution in [-0.2, 0) is 0 Å². The predicted octanol–water partition coefficient (Wildman–Crippen LogP) is 3.63. The Hall–Kier alpha value is -2.61. The van der Waals surface area contributed by atoms with E-state index in [0.717, 1.165) is 16.5 Å². The SMILES string of the molecule is O=c1ccn(/C=C/c2ccccc2)c2ccccc12. The fourth-order valence-corrected chi connectivity index (χ4v) is 2.09. The molecule has 0 bridgehead atoms. The van der Waals surface area contributed by atoms with Crippen molar-refractivity contribution in [2.45, 2.75) is 0 Å². The molecule has 1 aromatic heterocycles. The largest absolute Gasteiger partial charge is 0.323 e. The minimum Gasteiger partial charge on any atom is -0.323 e. The summed E-state index contributed by atoms with van der Waals surface area (Å²) in [5.74, 6) is 0. The number of para-hydroxylation sites is 1. The van der Waals surface area contributed by atoms with Gasteiger partial charge in [0.15, 0.2) is 5.43 Å². The third kappa shape index (κ3) is 2.33. The van der Waals surface area contributed by atoms with Gasteiger partial charge in [-0.1, -0.05) is 42.5 Å². The predicted molar refractivity (Wildman–Crippen MR) is 79.9 cm³/mol. The van der Waals surface area contributed by atoms with Gasteiger partial charge >= 0.3 is 0 Å². The molecule has 0 atom stereocenters. The van der Waals surface area contributed by atoms with Gasteiger partial charge in [0.05, 0.1) is 5.52 Å². The maximum absolute atomic E-state index is 11.8. The molecule has 0 saturated carbocycles. The molecule has 0 aliphatic heterocycles. The van der Waals surface area contributed by atoms with E-state index in [1.165, 1.54) is 0 Å². The molecule has 2 aromatic carbocycles. The molecule has 0 aliphatic carbocycles. The molecule has 0 radical (unpaired) electrons. The minimum atomic E-state index is 0.0555. The van der Waals surface area contributed by atoms with Crippen molar-refractivity contribution in [3.05, 3.63) is 82.6 Å². The van der Waals surface area contributed by atoms with Gasteiger partial charge in [0.25, 0.3) is 0 Å². The molecule has 0 amide bonds. The van der Waals surface area contributed by atoms with Crippen LogP contribution in [0.3, 0.4) is 0 Å².